The molecule has 18 heavy (non-hydrogen) atoms. The number of methoxy groups -OCH3 is 2. The van der Waals surface area contributed by atoms with E-state index in [1.54, 1.807) is 14.2 Å². The van der Waals surface area contributed by atoms with Gasteiger partial charge in [0.05, 0.1) is 21.3 Å². The van der Waals surface area contributed by atoms with Crippen LogP contribution in [0.4, 0.5) is 0 Å². The third-order valence-corrected chi connectivity index (χ3v) is 3.16. The number of nitrogens with zero attached hydrogens (tertiary/aromatic N) is 2. The second-order valence-corrected chi connectivity index (χ2v) is 4.31. The predicted molar refractivity (Wildman–Crippen MR) is 69.0 cm³/mol. The Morgan fingerprint density at radius 1 is 1.11 bits per heavy atom. The molecule has 0 spiro atoms. The number of aromatic nitrogens is 2. The molecule has 2 aromatic rings. The van der Waals surface area contributed by atoms with Gasteiger partial charge >= 0.3 is 0 Å². The number of rotatable bonds is 4. The first-order chi connectivity index (χ1) is 8.63. The molecule has 0 saturated carbocycles. The molecule has 0 atom stereocenters. The number of aryl methyl sites for hydroxylation is 1. The summed E-state index contributed by atoms with van der Waals surface area (Å²) in [6, 6.07) is 5.94. The minimum absolute atomic E-state index is 0.806. The molecule has 0 unspecified atom stereocenters. The van der Waals surface area contributed by atoms with Crippen LogP contribution in [0.2, 0.25) is 0 Å². The van der Waals surface area contributed by atoms with Crippen molar-refractivity contribution in [3.05, 3.63) is 42.0 Å². The average Bonchev–Trinajstić information content (AvgIpc) is 2.70. The molecule has 1 heterocycles. The fourth-order valence-electron chi connectivity index (χ4n) is 1.92. The second-order valence-electron chi connectivity index (χ2n) is 4.31. The van der Waals surface area contributed by atoms with E-state index in [9.17, 15) is 0 Å². The largest absolute Gasteiger partial charge is 0.497 e. The van der Waals surface area contributed by atoms with Crippen LogP contribution < -0.4 is 14.0 Å². The highest BCUT2D eigenvalue weighted by Crippen LogP contribution is 2.23. The van der Waals surface area contributed by atoms with E-state index in [4.69, 9.17) is 9.47 Å². The van der Waals surface area contributed by atoms with E-state index < -0.39 is 0 Å². The summed E-state index contributed by atoms with van der Waals surface area (Å²) in [5.41, 5.74) is 1.16. The van der Waals surface area contributed by atoms with E-state index in [0.717, 1.165) is 23.6 Å². The van der Waals surface area contributed by atoms with Gasteiger partial charge in [-0.15, -0.1) is 0 Å². The molecule has 0 aliphatic heterocycles. The molecule has 0 radical (unpaired) electrons. The standard InChI is InChI=1S/C14H19N2O2/c1-11-15(2)5-6-16(11)10-12-7-13(17-3)9-14(8-12)18-4/h5-9H,10H2,1-4H3/q+1. The predicted octanol–water partition coefficient (Wildman–Crippen LogP) is 1.69. The third kappa shape index (κ3) is 2.47. The van der Waals surface area contributed by atoms with E-state index in [2.05, 4.69) is 22.3 Å². The molecule has 0 saturated heterocycles. The van der Waals surface area contributed by atoms with Crippen LogP contribution in [0.5, 0.6) is 11.5 Å². The van der Waals surface area contributed by atoms with Crippen LogP contribution in [0.1, 0.15) is 11.4 Å². The van der Waals surface area contributed by atoms with Gasteiger partial charge in [0.15, 0.2) is 0 Å². The van der Waals surface area contributed by atoms with Crippen LogP contribution in [-0.2, 0) is 13.6 Å². The van der Waals surface area contributed by atoms with Crippen LogP contribution >= 0.6 is 0 Å². The van der Waals surface area contributed by atoms with E-state index in [0.29, 0.717) is 0 Å². The Balaban J connectivity index is 2.31. The van der Waals surface area contributed by atoms with Crippen LogP contribution in [0, 0.1) is 6.92 Å². The molecule has 0 aliphatic rings. The van der Waals surface area contributed by atoms with Gasteiger partial charge in [0.25, 0.3) is 5.82 Å². The Morgan fingerprint density at radius 3 is 2.17 bits per heavy atom. The van der Waals surface area contributed by atoms with E-state index in [-0.39, 0.29) is 0 Å². The minimum atomic E-state index is 0.806. The summed E-state index contributed by atoms with van der Waals surface area (Å²) in [6.07, 6.45) is 4.12. The van der Waals surface area contributed by atoms with Gasteiger partial charge in [0.1, 0.15) is 30.4 Å². The first-order valence-electron chi connectivity index (χ1n) is 5.87. The van der Waals surface area contributed by atoms with Gasteiger partial charge in [-0.25, -0.2) is 9.13 Å². The maximum absolute atomic E-state index is 5.28. The molecule has 96 valence electrons. The lowest BCUT2D eigenvalue weighted by molar-refractivity contribution is -0.677. The maximum Gasteiger partial charge on any atom is 0.253 e. The first kappa shape index (κ1) is 12.5. The number of hydrogen-bond donors (Lipinski definition) is 0. The molecule has 0 fully saturated rings. The van der Waals surface area contributed by atoms with Gasteiger partial charge in [-0.1, -0.05) is 0 Å². The molecular formula is C14H19N2O2+. The summed E-state index contributed by atoms with van der Waals surface area (Å²) >= 11 is 0. The average molecular weight is 247 g/mol. The number of ether oxygens (including phenoxy) is 2. The van der Waals surface area contributed by atoms with Crippen molar-refractivity contribution in [2.45, 2.75) is 13.5 Å². The van der Waals surface area contributed by atoms with Crippen molar-refractivity contribution in [3.8, 4) is 11.5 Å². The summed E-state index contributed by atoms with van der Waals surface area (Å²) in [6.45, 7) is 2.90. The van der Waals surface area contributed by atoms with Crippen molar-refractivity contribution < 1.29 is 14.0 Å². The highest BCUT2D eigenvalue weighted by molar-refractivity contribution is 5.38. The smallest absolute Gasteiger partial charge is 0.253 e. The zero-order valence-corrected chi connectivity index (χ0v) is 11.3. The van der Waals surface area contributed by atoms with Gasteiger partial charge in [-0.2, -0.15) is 0 Å². The normalized spacial score (nSPS) is 10.4. The van der Waals surface area contributed by atoms with Gasteiger partial charge in [-0.3, -0.25) is 0 Å². The minimum Gasteiger partial charge on any atom is -0.497 e. The fraction of sp³-hybridized carbons (Fsp3) is 0.357. The van der Waals surface area contributed by atoms with Crippen molar-refractivity contribution >= 4 is 0 Å². The Kier molecular flexibility index (Phi) is 3.55. The highest BCUT2D eigenvalue weighted by Gasteiger charge is 2.10. The Morgan fingerprint density at radius 2 is 1.72 bits per heavy atom. The van der Waals surface area contributed by atoms with Crippen molar-refractivity contribution in [1.82, 2.24) is 4.57 Å². The molecule has 4 nitrogen and oxygen atoms in total. The summed E-state index contributed by atoms with van der Waals surface area (Å²) in [7, 11) is 5.37. The first-order valence-corrected chi connectivity index (χ1v) is 5.87. The molecule has 0 N–H and O–H groups in total. The molecular weight excluding hydrogens is 228 g/mol. The summed E-state index contributed by atoms with van der Waals surface area (Å²) in [5.74, 6) is 2.84. The topological polar surface area (TPSA) is 27.3 Å². The Labute approximate surface area is 107 Å². The van der Waals surface area contributed by atoms with Gasteiger partial charge in [0, 0.05) is 18.6 Å². The fourth-order valence-corrected chi connectivity index (χ4v) is 1.92. The van der Waals surface area contributed by atoms with Crippen LogP contribution in [0.15, 0.2) is 30.6 Å². The van der Waals surface area contributed by atoms with Gasteiger partial charge in [-0.05, 0) is 12.1 Å². The van der Waals surface area contributed by atoms with Crippen molar-refractivity contribution in [2.24, 2.45) is 7.05 Å². The SMILES string of the molecule is COc1cc(Cn2cc[n+](C)c2C)cc(OC)c1. The molecule has 1 aromatic heterocycles. The van der Waals surface area contributed by atoms with Crippen molar-refractivity contribution in [3.63, 3.8) is 0 Å². The third-order valence-electron chi connectivity index (χ3n) is 3.16. The molecule has 1 aromatic carbocycles. The molecule has 0 amide bonds. The number of imidazole rings is 1. The monoisotopic (exact) mass is 247 g/mol. The second kappa shape index (κ2) is 5.12. The van der Waals surface area contributed by atoms with Gasteiger partial charge < -0.3 is 9.47 Å². The van der Waals surface area contributed by atoms with Gasteiger partial charge in [0.2, 0.25) is 0 Å². The summed E-state index contributed by atoms with van der Waals surface area (Å²) in [5, 5.41) is 0. The van der Waals surface area contributed by atoms with Crippen molar-refractivity contribution in [1.29, 1.82) is 0 Å². The lowest BCUT2D eigenvalue weighted by Crippen LogP contribution is -2.29. The Bertz CT molecular complexity index is 524. The quantitative estimate of drug-likeness (QED) is 0.769. The van der Waals surface area contributed by atoms with Crippen LogP contribution in [-0.4, -0.2) is 18.8 Å². The van der Waals surface area contributed by atoms with Crippen molar-refractivity contribution in [2.75, 3.05) is 14.2 Å². The summed E-state index contributed by atoms with van der Waals surface area (Å²) in [4.78, 5) is 0. The molecule has 0 aliphatic carbocycles. The maximum atomic E-state index is 5.28. The van der Waals surface area contributed by atoms with E-state index in [1.165, 1.54) is 5.82 Å². The van der Waals surface area contributed by atoms with E-state index in [1.807, 2.05) is 31.4 Å². The Hall–Kier alpha value is -1.97. The summed E-state index contributed by atoms with van der Waals surface area (Å²) < 4.78 is 14.8. The molecule has 4 heteroatoms. The lowest BCUT2D eigenvalue weighted by Gasteiger charge is -2.07. The highest BCUT2D eigenvalue weighted by atomic mass is 16.5. The van der Waals surface area contributed by atoms with Crippen LogP contribution in [0.3, 0.4) is 0 Å². The zero-order valence-electron chi connectivity index (χ0n) is 11.3. The zero-order chi connectivity index (χ0) is 13.1. The van der Waals surface area contributed by atoms with Crippen LogP contribution in [0.25, 0.3) is 0 Å². The number of hydrogen-bond acceptors (Lipinski definition) is 2. The lowest BCUT2D eigenvalue weighted by atomic mass is 10.2. The number of benzene rings is 1. The molecule has 2 rings (SSSR count). The van der Waals surface area contributed by atoms with E-state index >= 15 is 0 Å². The molecule has 0 bridgehead atoms.